The number of allylic oxidation sites excluding steroid dienone is 7. The molecule has 1 aromatic carbocycles. The van der Waals surface area contributed by atoms with Gasteiger partial charge in [-0.3, -0.25) is 4.79 Å². The number of rotatable bonds is 5. The van der Waals surface area contributed by atoms with Crippen LogP contribution in [0, 0.1) is 6.92 Å². The molecule has 1 aromatic rings. The molecule has 0 saturated carbocycles. The normalized spacial score (nSPS) is 12.8. The van der Waals surface area contributed by atoms with Gasteiger partial charge in [0.2, 0.25) is 0 Å². The first-order chi connectivity index (χ1) is 9.10. The number of ketones is 1. The molecule has 19 heavy (non-hydrogen) atoms. The zero-order valence-electron chi connectivity index (χ0n) is 11.8. The molecule has 0 aliphatic heterocycles. The number of carbonyl (C=O) groups is 1. The van der Waals surface area contributed by atoms with Crippen LogP contribution in [-0.4, -0.2) is 5.78 Å². The summed E-state index contributed by atoms with van der Waals surface area (Å²) in [5, 5.41) is 0. The first-order valence-corrected chi connectivity index (χ1v) is 6.34. The summed E-state index contributed by atoms with van der Waals surface area (Å²) in [5.74, 6) is 0.0313. The highest BCUT2D eigenvalue weighted by Crippen LogP contribution is 2.14. The predicted octanol–water partition coefficient (Wildman–Crippen LogP) is 4.81. The van der Waals surface area contributed by atoms with Gasteiger partial charge in [0, 0.05) is 5.56 Å². The average molecular weight is 252 g/mol. The van der Waals surface area contributed by atoms with Gasteiger partial charge in [-0.25, -0.2) is 0 Å². The molecule has 0 N–H and O–H groups in total. The molecule has 0 aliphatic carbocycles. The molecule has 0 fully saturated rings. The molecule has 0 unspecified atom stereocenters. The standard InChI is InChI=1S/C18H20O/c1-5-7-11-16(6-2)15(4)13-18(19)17-12-9-8-10-14(17)3/h5-13H,2H2,1,3-4H3/b7-5-,15-13+,16-11+. The Morgan fingerprint density at radius 2 is 1.95 bits per heavy atom. The molecule has 1 rings (SSSR count). The van der Waals surface area contributed by atoms with Crippen molar-refractivity contribution in [3.8, 4) is 0 Å². The summed E-state index contributed by atoms with van der Waals surface area (Å²) < 4.78 is 0. The minimum atomic E-state index is 0.0313. The van der Waals surface area contributed by atoms with Crippen molar-refractivity contribution < 1.29 is 4.79 Å². The van der Waals surface area contributed by atoms with Crippen molar-refractivity contribution in [1.29, 1.82) is 0 Å². The van der Waals surface area contributed by atoms with E-state index in [0.717, 1.165) is 22.3 Å². The van der Waals surface area contributed by atoms with Gasteiger partial charge >= 0.3 is 0 Å². The third-order valence-electron chi connectivity index (χ3n) is 2.90. The van der Waals surface area contributed by atoms with Gasteiger partial charge in [-0.1, -0.05) is 55.1 Å². The smallest absolute Gasteiger partial charge is 0.186 e. The van der Waals surface area contributed by atoms with Crippen LogP contribution in [0.15, 0.2) is 72.4 Å². The summed E-state index contributed by atoms with van der Waals surface area (Å²) in [6.07, 6.45) is 9.26. The summed E-state index contributed by atoms with van der Waals surface area (Å²) in [5.41, 5.74) is 3.62. The highest BCUT2D eigenvalue weighted by Gasteiger charge is 2.06. The first kappa shape index (κ1) is 14.9. The third-order valence-corrected chi connectivity index (χ3v) is 2.90. The fourth-order valence-corrected chi connectivity index (χ4v) is 1.77. The zero-order chi connectivity index (χ0) is 14.3. The lowest BCUT2D eigenvalue weighted by Crippen LogP contribution is -1.99. The van der Waals surface area contributed by atoms with E-state index in [1.54, 1.807) is 12.2 Å². The third kappa shape index (κ3) is 4.22. The maximum atomic E-state index is 12.2. The van der Waals surface area contributed by atoms with Gasteiger partial charge < -0.3 is 0 Å². The molecule has 0 radical (unpaired) electrons. The van der Waals surface area contributed by atoms with Gasteiger partial charge in [0.25, 0.3) is 0 Å². The van der Waals surface area contributed by atoms with Crippen LogP contribution < -0.4 is 0 Å². The second-order valence-electron chi connectivity index (χ2n) is 4.36. The largest absolute Gasteiger partial charge is 0.289 e. The number of carbonyl (C=O) groups excluding carboxylic acids is 1. The van der Waals surface area contributed by atoms with Gasteiger partial charge in [0.15, 0.2) is 5.78 Å². The lowest BCUT2D eigenvalue weighted by Gasteiger charge is -2.04. The maximum Gasteiger partial charge on any atom is 0.186 e. The quantitative estimate of drug-likeness (QED) is 0.417. The minimum absolute atomic E-state index is 0.0313. The average Bonchev–Trinajstić information content (AvgIpc) is 2.40. The van der Waals surface area contributed by atoms with Crippen LogP contribution in [0.1, 0.15) is 29.8 Å². The SMILES string of the molecule is C=CC(=C\C=C/C)/C(C)=C/C(=O)c1ccccc1C. The summed E-state index contributed by atoms with van der Waals surface area (Å²) in [6, 6.07) is 7.61. The molecular formula is C18H20O. The molecule has 0 spiro atoms. The Morgan fingerprint density at radius 3 is 2.53 bits per heavy atom. The Morgan fingerprint density at radius 1 is 1.26 bits per heavy atom. The van der Waals surface area contributed by atoms with Crippen LogP contribution >= 0.6 is 0 Å². The molecule has 0 heterocycles. The summed E-state index contributed by atoms with van der Waals surface area (Å²) in [6.45, 7) is 9.60. The van der Waals surface area contributed by atoms with Crippen LogP contribution in [-0.2, 0) is 0 Å². The number of hydrogen-bond acceptors (Lipinski definition) is 1. The van der Waals surface area contributed by atoms with Crippen LogP contribution in [0.25, 0.3) is 0 Å². The van der Waals surface area contributed by atoms with Gasteiger partial charge in [0.05, 0.1) is 0 Å². The molecule has 0 amide bonds. The summed E-state index contributed by atoms with van der Waals surface area (Å²) in [4.78, 5) is 12.2. The molecular weight excluding hydrogens is 232 g/mol. The predicted molar refractivity (Wildman–Crippen MR) is 82.4 cm³/mol. The molecule has 0 saturated heterocycles. The second kappa shape index (κ2) is 7.32. The summed E-state index contributed by atoms with van der Waals surface area (Å²) >= 11 is 0. The highest BCUT2D eigenvalue weighted by molar-refractivity contribution is 6.06. The van der Waals surface area contributed by atoms with E-state index in [4.69, 9.17) is 0 Å². The van der Waals surface area contributed by atoms with E-state index in [-0.39, 0.29) is 5.78 Å². The second-order valence-corrected chi connectivity index (χ2v) is 4.36. The van der Waals surface area contributed by atoms with Crippen molar-refractivity contribution in [2.75, 3.05) is 0 Å². The van der Waals surface area contributed by atoms with Crippen molar-refractivity contribution in [2.45, 2.75) is 20.8 Å². The first-order valence-electron chi connectivity index (χ1n) is 6.34. The van der Waals surface area contributed by atoms with Crippen LogP contribution in [0.4, 0.5) is 0 Å². The Kier molecular flexibility index (Phi) is 5.74. The fourth-order valence-electron chi connectivity index (χ4n) is 1.77. The van der Waals surface area contributed by atoms with Crippen molar-refractivity contribution in [3.63, 3.8) is 0 Å². The number of benzene rings is 1. The fraction of sp³-hybridized carbons (Fsp3) is 0.167. The van der Waals surface area contributed by atoms with E-state index in [2.05, 4.69) is 6.58 Å². The Bertz CT molecular complexity index is 557. The maximum absolute atomic E-state index is 12.2. The van der Waals surface area contributed by atoms with E-state index in [0.29, 0.717) is 0 Å². The van der Waals surface area contributed by atoms with Gasteiger partial charge in [0.1, 0.15) is 0 Å². The van der Waals surface area contributed by atoms with E-state index < -0.39 is 0 Å². The Hall–Kier alpha value is -2.15. The lowest BCUT2D eigenvalue weighted by atomic mass is 10.0. The van der Waals surface area contributed by atoms with Crippen LogP contribution in [0.3, 0.4) is 0 Å². The van der Waals surface area contributed by atoms with Gasteiger partial charge in [-0.2, -0.15) is 0 Å². The van der Waals surface area contributed by atoms with Crippen molar-refractivity contribution >= 4 is 5.78 Å². The Labute approximate surface area is 115 Å². The molecule has 1 nitrogen and oxygen atoms in total. The highest BCUT2D eigenvalue weighted by atomic mass is 16.1. The Balaban J connectivity index is 3.05. The van der Waals surface area contributed by atoms with Crippen molar-refractivity contribution in [3.05, 3.63) is 83.5 Å². The minimum Gasteiger partial charge on any atom is -0.289 e. The van der Waals surface area contributed by atoms with Crippen LogP contribution in [0.5, 0.6) is 0 Å². The van der Waals surface area contributed by atoms with E-state index >= 15 is 0 Å². The topological polar surface area (TPSA) is 17.1 Å². The molecule has 0 aliphatic rings. The van der Waals surface area contributed by atoms with Crippen molar-refractivity contribution in [2.24, 2.45) is 0 Å². The van der Waals surface area contributed by atoms with E-state index in [9.17, 15) is 4.79 Å². The van der Waals surface area contributed by atoms with Gasteiger partial charge in [-0.05, 0) is 43.6 Å². The monoisotopic (exact) mass is 252 g/mol. The molecule has 0 atom stereocenters. The van der Waals surface area contributed by atoms with Crippen molar-refractivity contribution in [1.82, 2.24) is 0 Å². The molecule has 1 heteroatoms. The number of aryl methyl sites for hydroxylation is 1. The van der Waals surface area contributed by atoms with E-state index in [1.165, 1.54) is 0 Å². The summed E-state index contributed by atoms with van der Waals surface area (Å²) in [7, 11) is 0. The molecule has 0 bridgehead atoms. The molecule has 0 aromatic heterocycles. The van der Waals surface area contributed by atoms with Crippen LogP contribution in [0.2, 0.25) is 0 Å². The zero-order valence-corrected chi connectivity index (χ0v) is 11.8. The van der Waals surface area contributed by atoms with E-state index in [1.807, 2.05) is 63.3 Å². The number of hydrogen-bond donors (Lipinski definition) is 0. The van der Waals surface area contributed by atoms with Gasteiger partial charge in [-0.15, -0.1) is 0 Å². The molecule has 98 valence electrons. The lowest BCUT2D eigenvalue weighted by molar-refractivity contribution is 0.104.